The van der Waals surface area contributed by atoms with E-state index in [1.54, 1.807) is 0 Å². The molecule has 0 N–H and O–H groups in total. The molecular formula is C13H15ClN2O6S2. The van der Waals surface area contributed by atoms with Crippen LogP contribution in [0.25, 0.3) is 11.1 Å². The number of oxazole rings is 1. The van der Waals surface area contributed by atoms with Crippen molar-refractivity contribution in [1.29, 1.82) is 0 Å². The molecule has 0 aliphatic carbocycles. The second kappa shape index (κ2) is 5.58. The molecule has 0 saturated carbocycles. The Morgan fingerprint density at radius 2 is 2.04 bits per heavy atom. The van der Waals surface area contributed by atoms with E-state index in [9.17, 15) is 21.6 Å². The molecule has 2 heterocycles. The molecule has 1 aliphatic heterocycles. The standard InChI is InChI=1S/C13H15ClN2O6S2/c1-15-10-5-9(14)12(6-11(10)22-13(15)17)24(20,21)16(2)8-3-4-23(18,19)7-8/h5-6,8H,3-4,7H2,1-2H3/t8-/m0/s1. The number of fused-ring (bicyclic) bond motifs is 1. The quantitative estimate of drug-likeness (QED) is 0.754. The van der Waals surface area contributed by atoms with Gasteiger partial charge in [0.2, 0.25) is 10.0 Å². The summed E-state index contributed by atoms with van der Waals surface area (Å²) >= 11 is 6.09. The van der Waals surface area contributed by atoms with Gasteiger partial charge in [-0.25, -0.2) is 21.6 Å². The number of benzene rings is 1. The molecular weight excluding hydrogens is 380 g/mol. The van der Waals surface area contributed by atoms with Crippen molar-refractivity contribution in [1.82, 2.24) is 8.87 Å². The fourth-order valence-electron chi connectivity index (χ4n) is 2.74. The highest BCUT2D eigenvalue weighted by molar-refractivity contribution is 7.92. The Labute approximate surface area is 143 Å². The number of rotatable bonds is 3. The molecule has 1 saturated heterocycles. The minimum absolute atomic E-state index is 0.0438. The molecule has 132 valence electrons. The zero-order chi connectivity index (χ0) is 17.9. The maximum atomic E-state index is 12.8. The third-order valence-electron chi connectivity index (χ3n) is 4.23. The Balaban J connectivity index is 2.08. The normalized spacial score (nSPS) is 20.9. The van der Waals surface area contributed by atoms with Crippen molar-refractivity contribution >= 4 is 42.6 Å². The monoisotopic (exact) mass is 394 g/mol. The van der Waals surface area contributed by atoms with Crippen molar-refractivity contribution in [2.45, 2.75) is 17.4 Å². The second-order valence-electron chi connectivity index (χ2n) is 5.76. The minimum atomic E-state index is -4.03. The van der Waals surface area contributed by atoms with Gasteiger partial charge in [0, 0.05) is 26.2 Å². The first-order valence-electron chi connectivity index (χ1n) is 7.00. The Morgan fingerprint density at radius 1 is 1.38 bits per heavy atom. The predicted octanol–water partition coefficient (Wildman–Crippen LogP) is 0.592. The SMILES string of the molecule is CN([C@H]1CCS(=O)(=O)C1)S(=O)(=O)c1cc2oc(=O)n(C)c2cc1Cl. The van der Waals surface area contributed by atoms with Gasteiger partial charge in [-0.2, -0.15) is 4.31 Å². The topological polar surface area (TPSA) is 107 Å². The zero-order valence-corrected chi connectivity index (χ0v) is 15.3. The Kier molecular flexibility index (Phi) is 4.06. The molecule has 11 heteroatoms. The van der Waals surface area contributed by atoms with E-state index < -0.39 is 31.7 Å². The summed E-state index contributed by atoms with van der Waals surface area (Å²) in [7, 11) is -4.46. The lowest BCUT2D eigenvalue weighted by atomic mass is 10.3. The van der Waals surface area contributed by atoms with E-state index in [2.05, 4.69) is 0 Å². The molecule has 0 unspecified atom stereocenters. The number of hydrogen-bond donors (Lipinski definition) is 0. The molecule has 1 aliphatic rings. The summed E-state index contributed by atoms with van der Waals surface area (Å²) in [5, 5.41) is -0.0633. The largest absolute Gasteiger partial charge is 0.419 e. The molecule has 1 aromatic carbocycles. The smallest absolute Gasteiger partial charge is 0.408 e. The van der Waals surface area contributed by atoms with Gasteiger partial charge >= 0.3 is 5.76 Å². The van der Waals surface area contributed by atoms with Gasteiger partial charge < -0.3 is 4.42 Å². The Morgan fingerprint density at radius 3 is 2.62 bits per heavy atom. The number of sulfone groups is 1. The van der Waals surface area contributed by atoms with Crippen LogP contribution in [0, 0.1) is 0 Å². The van der Waals surface area contributed by atoms with Crippen molar-refractivity contribution in [3.05, 3.63) is 27.7 Å². The lowest BCUT2D eigenvalue weighted by Gasteiger charge is -2.23. The summed E-state index contributed by atoms with van der Waals surface area (Å²) in [6.45, 7) is 0. The van der Waals surface area contributed by atoms with Gasteiger partial charge in [-0.1, -0.05) is 11.6 Å². The van der Waals surface area contributed by atoms with Crippen LogP contribution in [0.5, 0.6) is 0 Å². The number of hydrogen-bond acceptors (Lipinski definition) is 6. The molecule has 2 aromatic rings. The molecule has 0 amide bonds. The van der Waals surface area contributed by atoms with E-state index >= 15 is 0 Å². The van der Waals surface area contributed by atoms with Crippen LogP contribution in [-0.4, -0.2) is 50.3 Å². The van der Waals surface area contributed by atoms with Crippen molar-refractivity contribution in [2.75, 3.05) is 18.6 Å². The van der Waals surface area contributed by atoms with E-state index in [4.69, 9.17) is 16.0 Å². The van der Waals surface area contributed by atoms with E-state index in [1.807, 2.05) is 0 Å². The van der Waals surface area contributed by atoms with Crippen LogP contribution in [0.4, 0.5) is 0 Å². The first-order valence-corrected chi connectivity index (χ1v) is 10.6. The van der Waals surface area contributed by atoms with Crippen LogP contribution < -0.4 is 5.76 Å². The first-order chi connectivity index (χ1) is 11.0. The molecule has 3 rings (SSSR count). The third kappa shape index (κ3) is 2.77. The van der Waals surface area contributed by atoms with Crippen molar-refractivity contribution in [2.24, 2.45) is 7.05 Å². The summed E-state index contributed by atoms with van der Waals surface area (Å²) in [6.07, 6.45) is 0.234. The van der Waals surface area contributed by atoms with Gasteiger partial charge in [-0.3, -0.25) is 4.57 Å². The molecule has 8 nitrogen and oxygen atoms in total. The lowest BCUT2D eigenvalue weighted by molar-refractivity contribution is 0.394. The second-order valence-corrected chi connectivity index (χ2v) is 10.4. The van der Waals surface area contributed by atoms with E-state index in [-0.39, 0.29) is 33.4 Å². The summed E-state index contributed by atoms with van der Waals surface area (Å²) in [6, 6.07) is 1.89. The van der Waals surface area contributed by atoms with Gasteiger partial charge in [0.1, 0.15) is 4.90 Å². The van der Waals surface area contributed by atoms with Gasteiger partial charge in [0.25, 0.3) is 0 Å². The van der Waals surface area contributed by atoms with Crippen LogP contribution in [0.3, 0.4) is 0 Å². The number of aryl methyl sites for hydroxylation is 1. The van der Waals surface area contributed by atoms with Crippen LogP contribution >= 0.6 is 11.6 Å². The maximum Gasteiger partial charge on any atom is 0.419 e. The maximum absolute atomic E-state index is 12.8. The summed E-state index contributed by atoms with van der Waals surface area (Å²) in [5.74, 6) is -0.896. The fraction of sp³-hybridized carbons (Fsp3) is 0.462. The number of halogens is 1. The Hall–Kier alpha value is -1.36. The predicted molar refractivity (Wildman–Crippen MR) is 88.5 cm³/mol. The molecule has 0 bridgehead atoms. The van der Waals surface area contributed by atoms with Gasteiger partial charge in [0.05, 0.1) is 22.0 Å². The van der Waals surface area contributed by atoms with E-state index in [0.29, 0.717) is 5.52 Å². The molecule has 0 spiro atoms. The molecule has 24 heavy (non-hydrogen) atoms. The fourth-order valence-corrected chi connectivity index (χ4v) is 6.50. The van der Waals surface area contributed by atoms with Crippen LogP contribution in [0.2, 0.25) is 5.02 Å². The highest BCUT2D eigenvalue weighted by Gasteiger charge is 2.37. The molecule has 1 fully saturated rings. The highest BCUT2D eigenvalue weighted by Crippen LogP contribution is 2.31. The molecule has 1 aromatic heterocycles. The van der Waals surface area contributed by atoms with Crippen LogP contribution in [0.15, 0.2) is 26.2 Å². The Bertz CT molecular complexity index is 1080. The van der Waals surface area contributed by atoms with Crippen molar-refractivity contribution in [3.8, 4) is 0 Å². The van der Waals surface area contributed by atoms with Crippen molar-refractivity contribution < 1.29 is 21.3 Å². The van der Waals surface area contributed by atoms with E-state index in [0.717, 1.165) is 4.31 Å². The highest BCUT2D eigenvalue weighted by atomic mass is 35.5. The van der Waals surface area contributed by atoms with E-state index in [1.165, 1.54) is 30.8 Å². The van der Waals surface area contributed by atoms with Crippen LogP contribution in [-0.2, 0) is 26.9 Å². The number of nitrogens with zero attached hydrogens (tertiary/aromatic N) is 2. The third-order valence-corrected chi connectivity index (χ3v) is 8.35. The minimum Gasteiger partial charge on any atom is -0.408 e. The molecule has 0 radical (unpaired) electrons. The summed E-state index contributed by atoms with van der Waals surface area (Å²) < 4.78 is 56.0. The van der Waals surface area contributed by atoms with Crippen molar-refractivity contribution in [3.63, 3.8) is 0 Å². The zero-order valence-electron chi connectivity index (χ0n) is 12.9. The average Bonchev–Trinajstić information content (AvgIpc) is 2.98. The lowest BCUT2D eigenvalue weighted by Crippen LogP contribution is -2.37. The van der Waals surface area contributed by atoms with Gasteiger partial charge in [0.15, 0.2) is 15.4 Å². The number of sulfonamides is 1. The number of aromatic nitrogens is 1. The van der Waals surface area contributed by atoms with Crippen LogP contribution in [0.1, 0.15) is 6.42 Å². The summed E-state index contributed by atoms with van der Waals surface area (Å²) in [5.41, 5.74) is 0.466. The van der Waals surface area contributed by atoms with Gasteiger partial charge in [-0.05, 0) is 12.5 Å². The average molecular weight is 395 g/mol. The first kappa shape index (κ1) is 17.5. The molecule has 1 atom stereocenters. The van der Waals surface area contributed by atoms with Gasteiger partial charge in [-0.15, -0.1) is 0 Å². The summed E-state index contributed by atoms with van der Waals surface area (Å²) in [4.78, 5) is 11.3.